The van der Waals surface area contributed by atoms with E-state index < -0.39 is 18.3 Å². The zero-order valence-electron chi connectivity index (χ0n) is 14.9. The molecule has 10 heteroatoms. The predicted octanol–water partition coefficient (Wildman–Crippen LogP) is 3.75. The summed E-state index contributed by atoms with van der Waals surface area (Å²) < 4.78 is 40.3. The van der Waals surface area contributed by atoms with E-state index in [0.717, 1.165) is 23.3 Å². The van der Waals surface area contributed by atoms with Gasteiger partial charge in [-0.25, -0.2) is 0 Å². The molecule has 1 heterocycles. The molecule has 0 bridgehead atoms. The fourth-order valence-electron chi connectivity index (χ4n) is 2.30. The average molecular weight is 391 g/mol. The molecule has 1 unspecified atom stereocenters. The van der Waals surface area contributed by atoms with Crippen LogP contribution in [0.25, 0.3) is 11.4 Å². The number of carbonyl (C=O) groups excluding carboxylic acids is 1. The Balaban J connectivity index is 1.65. The number of aryl methyl sites for hydroxylation is 1. The van der Waals surface area contributed by atoms with Crippen molar-refractivity contribution in [3.8, 4) is 17.1 Å². The predicted molar refractivity (Wildman–Crippen MR) is 94.5 cm³/mol. The molecule has 1 aromatic heterocycles. The Labute approximate surface area is 158 Å². The molecule has 7 nitrogen and oxygen atoms in total. The lowest BCUT2D eigenvalue weighted by molar-refractivity contribution is -0.274. The topological polar surface area (TPSA) is 81.9 Å². The number of anilines is 1. The summed E-state index contributed by atoms with van der Waals surface area (Å²) in [6, 6.07) is 11.6. The Morgan fingerprint density at radius 2 is 1.75 bits per heavy atom. The molecule has 1 N–H and O–H groups in total. The maximum atomic E-state index is 12.4. The number of halogens is 3. The van der Waals surface area contributed by atoms with Gasteiger partial charge in [-0.05, 0) is 43.3 Å². The van der Waals surface area contributed by atoms with E-state index in [4.69, 9.17) is 0 Å². The Kier molecular flexibility index (Phi) is 5.30. The molecule has 1 amide bonds. The normalized spacial score (nSPS) is 12.5. The quantitative estimate of drug-likeness (QED) is 0.716. The van der Waals surface area contributed by atoms with E-state index in [2.05, 4.69) is 25.5 Å². The van der Waals surface area contributed by atoms with Crippen molar-refractivity contribution in [2.45, 2.75) is 26.3 Å². The van der Waals surface area contributed by atoms with Crippen molar-refractivity contribution in [2.75, 3.05) is 5.32 Å². The molecule has 0 radical (unpaired) electrons. The van der Waals surface area contributed by atoms with Crippen LogP contribution < -0.4 is 10.1 Å². The molecule has 0 fully saturated rings. The lowest BCUT2D eigenvalue weighted by atomic mass is 10.1. The maximum Gasteiger partial charge on any atom is 0.573 e. The summed E-state index contributed by atoms with van der Waals surface area (Å²) in [5, 5.41) is 14.7. The second-order valence-electron chi connectivity index (χ2n) is 6.04. The minimum atomic E-state index is -4.77. The molecule has 0 aliphatic rings. The number of hydrogen-bond acceptors (Lipinski definition) is 5. The number of rotatable bonds is 5. The third kappa shape index (κ3) is 4.84. The van der Waals surface area contributed by atoms with E-state index in [1.807, 2.05) is 31.2 Å². The van der Waals surface area contributed by atoms with Gasteiger partial charge in [-0.3, -0.25) is 4.79 Å². The van der Waals surface area contributed by atoms with Gasteiger partial charge >= 0.3 is 6.36 Å². The van der Waals surface area contributed by atoms with Crippen LogP contribution in [0.15, 0.2) is 48.5 Å². The third-order valence-corrected chi connectivity index (χ3v) is 3.82. The Morgan fingerprint density at radius 3 is 2.36 bits per heavy atom. The highest BCUT2D eigenvalue weighted by atomic mass is 19.4. The van der Waals surface area contributed by atoms with Gasteiger partial charge in [0.1, 0.15) is 11.8 Å². The van der Waals surface area contributed by atoms with Gasteiger partial charge in [0.2, 0.25) is 5.82 Å². The van der Waals surface area contributed by atoms with Gasteiger partial charge in [0.15, 0.2) is 0 Å². The van der Waals surface area contributed by atoms with E-state index in [-0.39, 0.29) is 5.75 Å². The first kappa shape index (κ1) is 19.3. The third-order valence-electron chi connectivity index (χ3n) is 3.82. The van der Waals surface area contributed by atoms with Crippen LogP contribution in [0.2, 0.25) is 0 Å². The molecule has 0 saturated heterocycles. The van der Waals surface area contributed by atoms with Crippen LogP contribution in [-0.4, -0.2) is 32.5 Å². The van der Waals surface area contributed by atoms with Gasteiger partial charge in [-0.15, -0.1) is 23.4 Å². The van der Waals surface area contributed by atoms with Gasteiger partial charge < -0.3 is 10.1 Å². The highest BCUT2D eigenvalue weighted by molar-refractivity contribution is 5.93. The van der Waals surface area contributed by atoms with Crippen molar-refractivity contribution < 1.29 is 22.7 Å². The molecular weight excluding hydrogens is 375 g/mol. The molecule has 0 aliphatic carbocycles. The summed E-state index contributed by atoms with van der Waals surface area (Å²) in [6.07, 6.45) is -4.77. The first-order valence-electron chi connectivity index (χ1n) is 8.24. The molecule has 146 valence electrons. The maximum absolute atomic E-state index is 12.4. The van der Waals surface area contributed by atoms with Gasteiger partial charge in [-0.2, -0.15) is 4.80 Å². The number of tetrazole rings is 1. The van der Waals surface area contributed by atoms with E-state index in [1.165, 1.54) is 16.9 Å². The molecule has 2 aromatic carbocycles. The van der Waals surface area contributed by atoms with Crippen molar-refractivity contribution in [3.63, 3.8) is 0 Å². The number of nitrogens with zero attached hydrogens (tertiary/aromatic N) is 4. The molecule has 0 spiro atoms. The monoisotopic (exact) mass is 391 g/mol. The Hall–Kier alpha value is -3.43. The fourth-order valence-corrected chi connectivity index (χ4v) is 2.30. The second kappa shape index (κ2) is 7.67. The van der Waals surface area contributed by atoms with Crippen molar-refractivity contribution >= 4 is 11.6 Å². The van der Waals surface area contributed by atoms with Gasteiger partial charge in [-0.1, -0.05) is 29.8 Å². The van der Waals surface area contributed by atoms with E-state index in [1.54, 1.807) is 6.92 Å². The molecule has 3 aromatic rings. The van der Waals surface area contributed by atoms with Gasteiger partial charge in [0.25, 0.3) is 5.91 Å². The number of nitrogens with one attached hydrogen (secondary N) is 1. The second-order valence-corrected chi connectivity index (χ2v) is 6.04. The number of carbonyl (C=O) groups is 1. The summed E-state index contributed by atoms with van der Waals surface area (Å²) in [5.74, 6) is -0.440. The van der Waals surface area contributed by atoms with Crippen LogP contribution in [0, 0.1) is 6.92 Å². The molecule has 0 saturated carbocycles. The first-order chi connectivity index (χ1) is 13.2. The molecule has 0 aliphatic heterocycles. The summed E-state index contributed by atoms with van der Waals surface area (Å²) in [7, 11) is 0. The van der Waals surface area contributed by atoms with Crippen LogP contribution in [0.4, 0.5) is 18.9 Å². The first-order valence-corrected chi connectivity index (χ1v) is 8.24. The molecular formula is C18H16F3N5O2. The van der Waals surface area contributed by atoms with Gasteiger partial charge in [0, 0.05) is 11.3 Å². The zero-order chi connectivity index (χ0) is 20.3. The number of ether oxygens (including phenoxy) is 1. The Morgan fingerprint density at radius 1 is 1.11 bits per heavy atom. The van der Waals surface area contributed by atoms with Crippen molar-refractivity contribution in [1.29, 1.82) is 0 Å². The highest BCUT2D eigenvalue weighted by Gasteiger charge is 2.31. The summed E-state index contributed by atoms with van der Waals surface area (Å²) in [4.78, 5) is 13.5. The minimum Gasteiger partial charge on any atom is -0.406 e. The Bertz CT molecular complexity index is 953. The van der Waals surface area contributed by atoms with Crippen molar-refractivity contribution in [3.05, 3.63) is 54.1 Å². The van der Waals surface area contributed by atoms with Crippen LogP contribution in [0.5, 0.6) is 5.75 Å². The smallest absolute Gasteiger partial charge is 0.406 e. The van der Waals surface area contributed by atoms with Crippen LogP contribution in [-0.2, 0) is 4.79 Å². The van der Waals surface area contributed by atoms with Crippen molar-refractivity contribution in [2.24, 2.45) is 0 Å². The van der Waals surface area contributed by atoms with Gasteiger partial charge in [0.05, 0.1) is 0 Å². The van der Waals surface area contributed by atoms with Crippen LogP contribution >= 0.6 is 0 Å². The minimum absolute atomic E-state index is 0.310. The van der Waals surface area contributed by atoms with E-state index in [0.29, 0.717) is 11.5 Å². The summed E-state index contributed by atoms with van der Waals surface area (Å²) >= 11 is 0. The molecule has 28 heavy (non-hydrogen) atoms. The fraction of sp³-hybridized carbons (Fsp3) is 0.222. The standard InChI is InChI=1S/C18H16F3N5O2/c1-11-3-5-13(6-4-11)16-23-25-26(24-16)12(2)17(27)22-14-7-9-15(10-8-14)28-18(19,20)21/h3-10,12H,1-2H3,(H,22,27). The molecule has 3 rings (SSSR count). The zero-order valence-corrected chi connectivity index (χ0v) is 14.9. The largest absolute Gasteiger partial charge is 0.573 e. The number of alkyl halides is 3. The van der Waals surface area contributed by atoms with Crippen LogP contribution in [0.3, 0.4) is 0 Å². The summed E-state index contributed by atoms with van der Waals surface area (Å²) in [5.41, 5.74) is 2.17. The lowest BCUT2D eigenvalue weighted by Crippen LogP contribution is -2.25. The average Bonchev–Trinajstić information content (AvgIpc) is 3.12. The lowest BCUT2D eigenvalue weighted by Gasteiger charge is -2.12. The van der Waals surface area contributed by atoms with Crippen molar-refractivity contribution in [1.82, 2.24) is 20.2 Å². The molecule has 1 atom stereocenters. The summed E-state index contributed by atoms with van der Waals surface area (Å²) in [6.45, 7) is 3.54. The van der Waals surface area contributed by atoms with E-state index in [9.17, 15) is 18.0 Å². The SMILES string of the molecule is Cc1ccc(-c2nnn(C(C)C(=O)Nc3ccc(OC(F)(F)F)cc3)n2)cc1. The number of aromatic nitrogens is 4. The van der Waals surface area contributed by atoms with E-state index >= 15 is 0 Å². The van der Waals surface area contributed by atoms with Crippen LogP contribution in [0.1, 0.15) is 18.5 Å². The number of amides is 1. The number of hydrogen-bond donors (Lipinski definition) is 1. The number of benzene rings is 2. The highest BCUT2D eigenvalue weighted by Crippen LogP contribution is 2.24.